The first-order valence-electron chi connectivity index (χ1n) is 12.4. The van der Waals surface area contributed by atoms with Crippen LogP contribution in [0, 0.1) is 6.92 Å². The lowest BCUT2D eigenvalue weighted by Gasteiger charge is -2.28. The SMILES string of the molecule is CC[C@H](c1nnc(Sc2nc(C)nc3sc4c(c23)CCCC4)n1CCN1CCOCC1)N(C)C. The van der Waals surface area contributed by atoms with Gasteiger partial charge in [-0.25, -0.2) is 9.97 Å². The standard InChI is InChI=1S/C24H35N7OS2/c1-5-18(29(3)4)21-27-28-24(31(21)11-10-30-12-14-32-15-13-30)34-23-20-17-8-6-7-9-19(17)33-22(20)25-16(2)26-23/h18H,5-15H2,1-4H3/t18-/m1/s1. The molecule has 34 heavy (non-hydrogen) atoms. The molecule has 5 rings (SSSR count). The Morgan fingerprint density at radius 1 is 1.09 bits per heavy atom. The smallest absolute Gasteiger partial charge is 0.197 e. The van der Waals surface area contributed by atoms with Gasteiger partial charge < -0.3 is 9.30 Å². The van der Waals surface area contributed by atoms with Gasteiger partial charge in [0, 0.05) is 36.4 Å². The maximum atomic E-state index is 5.54. The van der Waals surface area contributed by atoms with Crippen molar-refractivity contribution < 1.29 is 4.74 Å². The van der Waals surface area contributed by atoms with E-state index < -0.39 is 0 Å². The molecule has 184 valence electrons. The lowest BCUT2D eigenvalue weighted by Crippen LogP contribution is -2.38. The van der Waals surface area contributed by atoms with Crippen molar-refractivity contribution in [3.63, 3.8) is 0 Å². The van der Waals surface area contributed by atoms with Crippen molar-refractivity contribution in [1.29, 1.82) is 0 Å². The minimum absolute atomic E-state index is 0.229. The van der Waals surface area contributed by atoms with Gasteiger partial charge in [-0.3, -0.25) is 9.80 Å². The summed E-state index contributed by atoms with van der Waals surface area (Å²) in [5, 5.41) is 12.6. The quantitative estimate of drug-likeness (QED) is 0.430. The monoisotopic (exact) mass is 501 g/mol. The third kappa shape index (κ3) is 4.88. The summed E-state index contributed by atoms with van der Waals surface area (Å²) in [6.45, 7) is 9.64. The molecule has 2 aliphatic rings. The molecule has 0 unspecified atom stereocenters. The zero-order chi connectivity index (χ0) is 23.7. The van der Waals surface area contributed by atoms with Crippen LogP contribution in [0.1, 0.15) is 54.3 Å². The molecule has 0 radical (unpaired) electrons. The molecule has 4 heterocycles. The van der Waals surface area contributed by atoms with Gasteiger partial charge in [0.15, 0.2) is 11.0 Å². The number of aromatic nitrogens is 5. The fourth-order valence-electron chi connectivity index (χ4n) is 5.06. The van der Waals surface area contributed by atoms with E-state index in [2.05, 4.69) is 35.4 Å². The van der Waals surface area contributed by atoms with Crippen molar-refractivity contribution in [3.8, 4) is 0 Å². The van der Waals surface area contributed by atoms with Crippen molar-refractivity contribution in [2.75, 3.05) is 46.9 Å². The first kappa shape index (κ1) is 24.1. The minimum atomic E-state index is 0.229. The zero-order valence-electron chi connectivity index (χ0n) is 20.7. The molecule has 0 amide bonds. The number of rotatable bonds is 8. The Kier molecular flexibility index (Phi) is 7.50. The molecule has 0 bridgehead atoms. The van der Waals surface area contributed by atoms with Crippen LogP contribution in [-0.4, -0.2) is 81.5 Å². The van der Waals surface area contributed by atoms with E-state index in [-0.39, 0.29) is 6.04 Å². The zero-order valence-corrected chi connectivity index (χ0v) is 22.3. The van der Waals surface area contributed by atoms with Crippen molar-refractivity contribution in [1.82, 2.24) is 34.5 Å². The summed E-state index contributed by atoms with van der Waals surface area (Å²) < 4.78 is 7.87. The summed E-state index contributed by atoms with van der Waals surface area (Å²) >= 11 is 3.52. The molecule has 0 N–H and O–H groups in total. The highest BCUT2D eigenvalue weighted by Crippen LogP contribution is 2.41. The average molecular weight is 502 g/mol. The van der Waals surface area contributed by atoms with E-state index in [4.69, 9.17) is 24.9 Å². The van der Waals surface area contributed by atoms with Gasteiger partial charge in [-0.1, -0.05) is 6.92 Å². The van der Waals surface area contributed by atoms with Gasteiger partial charge >= 0.3 is 0 Å². The Morgan fingerprint density at radius 2 is 1.88 bits per heavy atom. The molecule has 1 fully saturated rings. The first-order valence-corrected chi connectivity index (χ1v) is 14.0. The summed E-state index contributed by atoms with van der Waals surface area (Å²) in [5.41, 5.74) is 1.47. The van der Waals surface area contributed by atoms with Crippen LogP contribution < -0.4 is 0 Å². The summed E-state index contributed by atoms with van der Waals surface area (Å²) in [6.07, 6.45) is 5.81. The average Bonchev–Trinajstić information content (AvgIpc) is 3.39. The number of morpholine rings is 1. The van der Waals surface area contributed by atoms with Gasteiger partial charge in [0.05, 0.1) is 19.3 Å². The van der Waals surface area contributed by atoms with E-state index in [1.807, 2.05) is 18.3 Å². The van der Waals surface area contributed by atoms with Crippen molar-refractivity contribution >= 4 is 33.3 Å². The van der Waals surface area contributed by atoms with Crippen LogP contribution in [-0.2, 0) is 24.1 Å². The van der Waals surface area contributed by atoms with Gasteiger partial charge in [0.25, 0.3) is 0 Å². The van der Waals surface area contributed by atoms with Crippen molar-refractivity contribution in [2.24, 2.45) is 0 Å². The molecule has 1 saturated heterocycles. The highest BCUT2D eigenvalue weighted by Gasteiger charge is 2.26. The topological polar surface area (TPSA) is 72.2 Å². The van der Waals surface area contributed by atoms with Crippen LogP contribution in [0.25, 0.3) is 10.2 Å². The Labute approximate surface area is 210 Å². The van der Waals surface area contributed by atoms with E-state index in [1.54, 1.807) is 11.8 Å². The minimum Gasteiger partial charge on any atom is -0.379 e. The first-order chi connectivity index (χ1) is 16.5. The van der Waals surface area contributed by atoms with Gasteiger partial charge in [-0.05, 0) is 70.4 Å². The second kappa shape index (κ2) is 10.6. The molecule has 3 aromatic rings. The van der Waals surface area contributed by atoms with Crippen molar-refractivity contribution in [3.05, 3.63) is 22.1 Å². The molecule has 8 nitrogen and oxygen atoms in total. The van der Waals surface area contributed by atoms with E-state index in [0.717, 1.165) is 78.9 Å². The molecule has 3 aromatic heterocycles. The van der Waals surface area contributed by atoms with E-state index >= 15 is 0 Å². The van der Waals surface area contributed by atoms with E-state index in [0.29, 0.717) is 0 Å². The fraction of sp³-hybridized carbons (Fsp3) is 0.667. The second-order valence-corrected chi connectivity index (χ2v) is 11.4. The van der Waals surface area contributed by atoms with Gasteiger partial charge in [-0.2, -0.15) is 0 Å². The maximum Gasteiger partial charge on any atom is 0.197 e. The third-order valence-corrected chi connectivity index (χ3v) is 9.04. The summed E-state index contributed by atoms with van der Waals surface area (Å²) in [7, 11) is 4.24. The molecule has 0 aromatic carbocycles. The lowest BCUT2D eigenvalue weighted by molar-refractivity contribution is 0.0358. The van der Waals surface area contributed by atoms with Crippen LogP contribution in [0.2, 0.25) is 0 Å². The number of hydrogen-bond acceptors (Lipinski definition) is 9. The van der Waals surface area contributed by atoms with Gasteiger partial charge in [0.2, 0.25) is 0 Å². The highest BCUT2D eigenvalue weighted by molar-refractivity contribution is 7.99. The summed E-state index contributed by atoms with van der Waals surface area (Å²) in [4.78, 5) is 17.1. The molecular formula is C24H35N7OS2. The number of thiophene rings is 1. The predicted molar refractivity (Wildman–Crippen MR) is 137 cm³/mol. The second-order valence-electron chi connectivity index (χ2n) is 9.40. The van der Waals surface area contributed by atoms with E-state index in [1.165, 1.54) is 35.1 Å². The molecule has 0 spiro atoms. The Balaban J connectivity index is 1.51. The van der Waals surface area contributed by atoms with E-state index in [9.17, 15) is 0 Å². The number of fused-ring (bicyclic) bond motifs is 3. The molecule has 1 aliphatic carbocycles. The summed E-state index contributed by atoms with van der Waals surface area (Å²) in [6, 6.07) is 0.229. The molecule has 0 saturated carbocycles. The van der Waals surface area contributed by atoms with Crippen LogP contribution in [0.4, 0.5) is 0 Å². The Hall–Kier alpha value is -1.59. The Bertz CT molecular complexity index is 1140. The van der Waals surface area contributed by atoms with Gasteiger partial charge in [0.1, 0.15) is 15.7 Å². The van der Waals surface area contributed by atoms with Crippen LogP contribution >= 0.6 is 23.1 Å². The molecule has 10 heteroatoms. The van der Waals surface area contributed by atoms with Crippen molar-refractivity contribution in [2.45, 2.75) is 68.7 Å². The largest absolute Gasteiger partial charge is 0.379 e. The molecular weight excluding hydrogens is 466 g/mol. The fourth-order valence-corrected chi connectivity index (χ4v) is 7.48. The predicted octanol–water partition coefficient (Wildman–Crippen LogP) is 3.97. The Morgan fingerprint density at radius 3 is 2.65 bits per heavy atom. The third-order valence-electron chi connectivity index (χ3n) is 6.88. The summed E-state index contributed by atoms with van der Waals surface area (Å²) in [5.74, 6) is 1.87. The normalized spacial score (nSPS) is 18.0. The number of nitrogens with zero attached hydrogens (tertiary/aromatic N) is 7. The molecule has 1 atom stereocenters. The molecule has 1 aliphatic heterocycles. The number of aryl methyl sites for hydroxylation is 3. The number of hydrogen-bond donors (Lipinski definition) is 0. The van der Waals surface area contributed by atoms with Gasteiger partial charge in [-0.15, -0.1) is 21.5 Å². The number of ether oxygens (including phenoxy) is 1. The van der Waals surface area contributed by atoms with Crippen LogP contribution in [0.5, 0.6) is 0 Å². The lowest BCUT2D eigenvalue weighted by atomic mass is 9.97. The van der Waals surface area contributed by atoms with Crippen LogP contribution in [0.15, 0.2) is 10.2 Å². The highest BCUT2D eigenvalue weighted by atomic mass is 32.2. The maximum absolute atomic E-state index is 5.54. The van der Waals surface area contributed by atoms with Crippen LogP contribution in [0.3, 0.4) is 0 Å².